The number of nitrogens with zero attached hydrogens (tertiary/aromatic N) is 1. The second kappa shape index (κ2) is 10.1. The minimum Gasteiger partial charge on any atom is -0.354 e. The van der Waals surface area contributed by atoms with Crippen LogP contribution in [0.1, 0.15) is 43.0 Å². The molecule has 0 aliphatic rings. The molecular formula is C24H32N2O2. The van der Waals surface area contributed by atoms with Gasteiger partial charge in [-0.25, -0.2) is 0 Å². The average molecular weight is 381 g/mol. The third kappa shape index (κ3) is 6.22. The molecule has 0 radical (unpaired) electrons. The van der Waals surface area contributed by atoms with E-state index < -0.39 is 6.04 Å². The van der Waals surface area contributed by atoms with Gasteiger partial charge in [-0.1, -0.05) is 67.9 Å². The van der Waals surface area contributed by atoms with Crippen molar-refractivity contribution >= 4 is 11.8 Å². The van der Waals surface area contributed by atoms with Crippen LogP contribution in [0, 0.1) is 19.8 Å². The zero-order valence-electron chi connectivity index (χ0n) is 17.7. The van der Waals surface area contributed by atoms with Crippen LogP contribution in [0.3, 0.4) is 0 Å². The number of rotatable bonds is 8. The first-order chi connectivity index (χ1) is 13.3. The van der Waals surface area contributed by atoms with Gasteiger partial charge in [-0.3, -0.25) is 9.59 Å². The second-order valence-electron chi connectivity index (χ2n) is 7.93. The molecule has 150 valence electrons. The smallest absolute Gasteiger partial charge is 0.242 e. The van der Waals surface area contributed by atoms with E-state index in [4.69, 9.17) is 0 Å². The molecule has 2 aromatic carbocycles. The zero-order valence-corrected chi connectivity index (χ0v) is 17.7. The van der Waals surface area contributed by atoms with E-state index in [1.165, 1.54) is 0 Å². The highest BCUT2D eigenvalue weighted by atomic mass is 16.2. The van der Waals surface area contributed by atoms with Crippen molar-refractivity contribution in [1.82, 2.24) is 10.2 Å². The molecule has 4 heteroatoms. The Morgan fingerprint density at radius 3 is 2.36 bits per heavy atom. The Balaban J connectivity index is 2.22. The predicted octanol–water partition coefficient (Wildman–Crippen LogP) is 4.04. The monoisotopic (exact) mass is 380 g/mol. The summed E-state index contributed by atoms with van der Waals surface area (Å²) in [6.45, 7) is 11.0. The first kappa shape index (κ1) is 21.7. The minimum atomic E-state index is -0.532. The van der Waals surface area contributed by atoms with Crippen LogP contribution >= 0.6 is 0 Å². The van der Waals surface area contributed by atoms with Crippen molar-refractivity contribution in [3.63, 3.8) is 0 Å². The fraction of sp³-hybridized carbons (Fsp3) is 0.417. The summed E-state index contributed by atoms with van der Waals surface area (Å²) in [4.78, 5) is 27.5. The highest BCUT2D eigenvalue weighted by Gasteiger charge is 2.26. The molecular weight excluding hydrogens is 348 g/mol. The van der Waals surface area contributed by atoms with Crippen LogP contribution in [-0.4, -0.2) is 29.3 Å². The summed E-state index contributed by atoms with van der Waals surface area (Å²) in [6.07, 6.45) is 0.292. The van der Waals surface area contributed by atoms with Gasteiger partial charge in [0.25, 0.3) is 0 Å². The molecule has 0 unspecified atom stereocenters. The van der Waals surface area contributed by atoms with Crippen molar-refractivity contribution in [2.24, 2.45) is 5.92 Å². The van der Waals surface area contributed by atoms with Gasteiger partial charge in [-0.15, -0.1) is 0 Å². The lowest BCUT2D eigenvalue weighted by Crippen LogP contribution is -2.48. The van der Waals surface area contributed by atoms with Crippen LogP contribution in [0.25, 0.3) is 0 Å². The maximum absolute atomic E-state index is 13.2. The molecule has 4 nitrogen and oxygen atoms in total. The van der Waals surface area contributed by atoms with Crippen LogP contribution in [-0.2, 0) is 22.6 Å². The summed E-state index contributed by atoms with van der Waals surface area (Å²) in [5, 5.41) is 2.96. The van der Waals surface area contributed by atoms with E-state index in [2.05, 4.69) is 25.2 Å². The standard InChI is InChI=1S/C24H32N2O2/c1-17(2)15-25-24(28)20(5)26(16-21-11-8-9-18(3)13-21)23(27)14-22-12-7-6-10-19(22)4/h6-13,17,20H,14-16H2,1-5H3,(H,25,28)/t20-/m0/s1. The summed E-state index contributed by atoms with van der Waals surface area (Å²) < 4.78 is 0. The largest absolute Gasteiger partial charge is 0.354 e. The molecule has 0 aromatic heterocycles. The third-order valence-corrected chi connectivity index (χ3v) is 4.89. The van der Waals surface area contributed by atoms with Crippen molar-refractivity contribution in [3.8, 4) is 0 Å². The van der Waals surface area contributed by atoms with Gasteiger partial charge in [0.2, 0.25) is 11.8 Å². The van der Waals surface area contributed by atoms with E-state index in [-0.39, 0.29) is 11.8 Å². The number of benzene rings is 2. The first-order valence-corrected chi connectivity index (χ1v) is 9.95. The molecule has 2 amide bonds. The Kier molecular flexibility index (Phi) is 7.80. The highest BCUT2D eigenvalue weighted by molar-refractivity contribution is 5.88. The maximum atomic E-state index is 13.2. The molecule has 0 saturated carbocycles. The molecule has 0 saturated heterocycles. The Hall–Kier alpha value is -2.62. The second-order valence-corrected chi connectivity index (χ2v) is 7.93. The lowest BCUT2D eigenvalue weighted by molar-refractivity contribution is -0.140. The number of carbonyl (C=O) groups is 2. The number of hydrogen-bond donors (Lipinski definition) is 1. The molecule has 0 heterocycles. The molecule has 0 aliphatic carbocycles. The topological polar surface area (TPSA) is 49.4 Å². The molecule has 2 aromatic rings. The van der Waals surface area contributed by atoms with E-state index in [0.717, 1.165) is 22.3 Å². The maximum Gasteiger partial charge on any atom is 0.242 e. The zero-order chi connectivity index (χ0) is 20.7. The van der Waals surface area contributed by atoms with Crippen molar-refractivity contribution in [2.75, 3.05) is 6.54 Å². The van der Waals surface area contributed by atoms with E-state index in [1.807, 2.05) is 56.3 Å². The Labute approximate surface area is 169 Å². The van der Waals surface area contributed by atoms with Gasteiger partial charge in [0.15, 0.2) is 0 Å². The number of amides is 2. The molecule has 1 N–H and O–H groups in total. The fourth-order valence-corrected chi connectivity index (χ4v) is 3.12. The molecule has 0 fully saturated rings. The molecule has 2 rings (SSSR count). The number of nitrogens with one attached hydrogen (secondary N) is 1. The summed E-state index contributed by atoms with van der Waals surface area (Å²) in [7, 11) is 0. The van der Waals surface area contributed by atoms with Gasteiger partial charge < -0.3 is 10.2 Å². The van der Waals surface area contributed by atoms with Crippen LogP contribution in [0.15, 0.2) is 48.5 Å². The number of aryl methyl sites for hydroxylation is 2. The number of carbonyl (C=O) groups excluding carboxylic acids is 2. The van der Waals surface area contributed by atoms with Crippen LogP contribution < -0.4 is 5.32 Å². The van der Waals surface area contributed by atoms with Crippen molar-refractivity contribution < 1.29 is 9.59 Å². The van der Waals surface area contributed by atoms with Crippen molar-refractivity contribution in [1.29, 1.82) is 0 Å². The normalized spacial score (nSPS) is 11.9. The van der Waals surface area contributed by atoms with Crippen LogP contribution in [0.2, 0.25) is 0 Å². The number of hydrogen-bond acceptors (Lipinski definition) is 2. The van der Waals surface area contributed by atoms with Gasteiger partial charge in [-0.2, -0.15) is 0 Å². The summed E-state index contributed by atoms with van der Waals surface area (Å²) in [6, 6.07) is 15.4. The minimum absolute atomic E-state index is 0.0389. The van der Waals surface area contributed by atoms with Gasteiger partial charge in [0, 0.05) is 13.1 Å². The molecule has 0 aliphatic heterocycles. The van der Waals surface area contributed by atoms with E-state index in [0.29, 0.717) is 25.4 Å². The van der Waals surface area contributed by atoms with Gasteiger partial charge in [0.05, 0.1) is 6.42 Å². The highest BCUT2D eigenvalue weighted by Crippen LogP contribution is 2.15. The van der Waals surface area contributed by atoms with Crippen LogP contribution in [0.4, 0.5) is 0 Å². The Morgan fingerprint density at radius 1 is 1.00 bits per heavy atom. The molecule has 28 heavy (non-hydrogen) atoms. The quantitative estimate of drug-likeness (QED) is 0.751. The van der Waals surface area contributed by atoms with Crippen molar-refractivity contribution in [2.45, 2.75) is 53.6 Å². The Morgan fingerprint density at radius 2 is 1.71 bits per heavy atom. The average Bonchev–Trinajstić information content (AvgIpc) is 2.65. The summed E-state index contributed by atoms with van der Waals surface area (Å²) >= 11 is 0. The first-order valence-electron chi connectivity index (χ1n) is 9.95. The lowest BCUT2D eigenvalue weighted by atomic mass is 10.0. The molecule has 0 spiro atoms. The summed E-state index contributed by atoms with van der Waals surface area (Å²) in [5.41, 5.74) is 4.25. The van der Waals surface area contributed by atoms with E-state index in [1.54, 1.807) is 11.8 Å². The fourth-order valence-electron chi connectivity index (χ4n) is 3.12. The van der Waals surface area contributed by atoms with Gasteiger partial charge in [0.1, 0.15) is 6.04 Å². The predicted molar refractivity (Wildman–Crippen MR) is 114 cm³/mol. The van der Waals surface area contributed by atoms with Crippen LogP contribution in [0.5, 0.6) is 0 Å². The Bertz CT molecular complexity index is 814. The molecule has 0 bridgehead atoms. The SMILES string of the molecule is Cc1cccc(CN(C(=O)Cc2ccccc2C)[C@@H](C)C(=O)NCC(C)C)c1. The van der Waals surface area contributed by atoms with E-state index >= 15 is 0 Å². The van der Waals surface area contributed by atoms with Gasteiger partial charge >= 0.3 is 0 Å². The third-order valence-electron chi connectivity index (χ3n) is 4.89. The summed E-state index contributed by atoms with van der Waals surface area (Å²) in [5.74, 6) is 0.214. The van der Waals surface area contributed by atoms with Crippen molar-refractivity contribution in [3.05, 3.63) is 70.8 Å². The molecule has 1 atom stereocenters. The van der Waals surface area contributed by atoms with E-state index in [9.17, 15) is 9.59 Å². The lowest BCUT2D eigenvalue weighted by Gasteiger charge is -2.29. The van der Waals surface area contributed by atoms with Gasteiger partial charge in [-0.05, 0) is 43.4 Å².